The average molecular weight is 263 g/mol. The molecule has 0 fully saturated rings. The minimum atomic E-state index is 0.671. The Morgan fingerprint density at radius 2 is 2.22 bits per heavy atom. The maximum Gasteiger partial charge on any atom is 0.143 e. The van der Waals surface area contributed by atoms with Gasteiger partial charge in [-0.2, -0.15) is 0 Å². The van der Waals surface area contributed by atoms with Crippen LogP contribution in [0.15, 0.2) is 23.7 Å². The summed E-state index contributed by atoms with van der Waals surface area (Å²) >= 11 is 1.66. The van der Waals surface area contributed by atoms with Crippen LogP contribution in [-0.2, 0) is 6.54 Å². The van der Waals surface area contributed by atoms with E-state index in [0.29, 0.717) is 11.4 Å². The average Bonchev–Trinajstić information content (AvgIpc) is 2.75. The van der Waals surface area contributed by atoms with Crippen molar-refractivity contribution in [2.24, 2.45) is 0 Å². The maximum absolute atomic E-state index is 6.08. The molecule has 0 unspecified atom stereocenters. The van der Waals surface area contributed by atoms with E-state index < -0.39 is 0 Å². The molecule has 0 aliphatic rings. The Labute approximate surface area is 111 Å². The van der Waals surface area contributed by atoms with Gasteiger partial charge in [0.2, 0.25) is 0 Å². The number of thiazole rings is 1. The van der Waals surface area contributed by atoms with Crippen LogP contribution in [0.1, 0.15) is 10.6 Å². The van der Waals surface area contributed by atoms with Crippen molar-refractivity contribution in [3.8, 4) is 5.75 Å². The van der Waals surface area contributed by atoms with E-state index in [0.717, 1.165) is 17.9 Å². The Balaban J connectivity index is 2.24. The Morgan fingerprint density at radius 1 is 1.44 bits per heavy atom. The molecule has 0 spiro atoms. The number of nitrogen functional groups attached to an aromatic ring is 1. The quantitative estimate of drug-likeness (QED) is 0.862. The second-order valence-electron chi connectivity index (χ2n) is 4.11. The highest BCUT2D eigenvalue weighted by Gasteiger charge is 2.11. The fourth-order valence-corrected chi connectivity index (χ4v) is 2.65. The SMILES string of the molecule is COc1cccc(N(C)Cc2scnc2C)c1N. The first-order valence-corrected chi connectivity index (χ1v) is 6.54. The van der Waals surface area contributed by atoms with E-state index in [9.17, 15) is 0 Å². The van der Waals surface area contributed by atoms with Crippen LogP contribution in [0, 0.1) is 6.92 Å². The number of nitrogens with zero attached hydrogens (tertiary/aromatic N) is 2. The number of anilines is 2. The Bertz CT molecular complexity index is 539. The number of aromatic nitrogens is 1. The van der Waals surface area contributed by atoms with Gasteiger partial charge in [-0.3, -0.25) is 0 Å². The van der Waals surface area contributed by atoms with Crippen LogP contribution in [0.2, 0.25) is 0 Å². The summed E-state index contributed by atoms with van der Waals surface area (Å²) in [7, 11) is 3.65. The highest BCUT2D eigenvalue weighted by Crippen LogP contribution is 2.32. The lowest BCUT2D eigenvalue weighted by Gasteiger charge is -2.21. The summed E-state index contributed by atoms with van der Waals surface area (Å²) in [5, 5.41) is 0. The van der Waals surface area contributed by atoms with E-state index >= 15 is 0 Å². The van der Waals surface area contributed by atoms with E-state index in [4.69, 9.17) is 10.5 Å². The summed E-state index contributed by atoms with van der Waals surface area (Å²) in [6.45, 7) is 2.82. The highest BCUT2D eigenvalue weighted by molar-refractivity contribution is 7.09. The normalized spacial score (nSPS) is 10.4. The number of methoxy groups -OCH3 is 1. The fourth-order valence-electron chi connectivity index (χ4n) is 1.82. The van der Waals surface area contributed by atoms with E-state index in [1.54, 1.807) is 18.4 Å². The molecule has 96 valence electrons. The van der Waals surface area contributed by atoms with E-state index in [1.165, 1.54) is 4.88 Å². The molecule has 0 radical (unpaired) electrons. The number of rotatable bonds is 4. The van der Waals surface area contributed by atoms with Crippen LogP contribution in [0.3, 0.4) is 0 Å². The lowest BCUT2D eigenvalue weighted by atomic mass is 10.2. The van der Waals surface area contributed by atoms with Crippen LogP contribution in [0.5, 0.6) is 5.75 Å². The molecule has 0 atom stereocenters. The topological polar surface area (TPSA) is 51.4 Å². The van der Waals surface area contributed by atoms with Crippen LogP contribution in [0.25, 0.3) is 0 Å². The Kier molecular flexibility index (Phi) is 3.72. The van der Waals surface area contributed by atoms with Gasteiger partial charge in [0.05, 0.1) is 36.2 Å². The molecule has 1 aromatic heterocycles. The molecule has 2 N–H and O–H groups in total. The molecule has 2 aromatic rings. The van der Waals surface area contributed by atoms with Gasteiger partial charge >= 0.3 is 0 Å². The first kappa shape index (κ1) is 12.7. The minimum Gasteiger partial charge on any atom is -0.495 e. The molecular weight excluding hydrogens is 246 g/mol. The predicted molar refractivity (Wildman–Crippen MR) is 76.4 cm³/mol. The third-order valence-corrected chi connectivity index (χ3v) is 3.82. The summed E-state index contributed by atoms with van der Waals surface area (Å²) < 4.78 is 5.23. The molecule has 0 aliphatic heterocycles. The Hall–Kier alpha value is -1.75. The third-order valence-electron chi connectivity index (χ3n) is 2.90. The van der Waals surface area contributed by atoms with Crippen molar-refractivity contribution in [2.75, 3.05) is 24.8 Å². The standard InChI is InChI=1S/C13H17N3OS/c1-9-12(18-8-15-9)7-16(2)10-5-4-6-11(17-3)13(10)14/h4-6,8H,7,14H2,1-3H3. The molecule has 0 bridgehead atoms. The van der Waals surface area contributed by atoms with Gasteiger partial charge in [-0.25, -0.2) is 4.98 Å². The second-order valence-corrected chi connectivity index (χ2v) is 5.05. The van der Waals surface area contributed by atoms with Gasteiger partial charge < -0.3 is 15.4 Å². The van der Waals surface area contributed by atoms with Crippen LogP contribution < -0.4 is 15.4 Å². The molecule has 0 amide bonds. The number of hydrogen-bond donors (Lipinski definition) is 1. The minimum absolute atomic E-state index is 0.671. The zero-order valence-corrected chi connectivity index (χ0v) is 11.6. The van der Waals surface area contributed by atoms with Crippen molar-refractivity contribution in [2.45, 2.75) is 13.5 Å². The molecular formula is C13H17N3OS. The van der Waals surface area contributed by atoms with Crippen molar-refractivity contribution in [3.05, 3.63) is 34.3 Å². The Morgan fingerprint density at radius 3 is 2.83 bits per heavy atom. The number of para-hydroxylation sites is 1. The smallest absolute Gasteiger partial charge is 0.143 e. The van der Waals surface area contributed by atoms with Crippen molar-refractivity contribution in [3.63, 3.8) is 0 Å². The summed E-state index contributed by atoms with van der Waals surface area (Å²) in [5.74, 6) is 0.709. The van der Waals surface area contributed by atoms with Crippen molar-refractivity contribution in [1.29, 1.82) is 0 Å². The molecule has 1 aromatic carbocycles. The van der Waals surface area contributed by atoms with Gasteiger partial charge in [0.15, 0.2) is 0 Å². The van der Waals surface area contributed by atoms with E-state index in [1.807, 2.05) is 37.7 Å². The lowest BCUT2D eigenvalue weighted by molar-refractivity contribution is 0.417. The zero-order valence-electron chi connectivity index (χ0n) is 10.8. The number of aryl methyl sites for hydroxylation is 1. The third kappa shape index (κ3) is 2.41. The van der Waals surface area contributed by atoms with Crippen molar-refractivity contribution >= 4 is 22.7 Å². The summed E-state index contributed by atoms with van der Waals surface area (Å²) in [5.41, 5.74) is 10.7. The first-order valence-electron chi connectivity index (χ1n) is 5.66. The van der Waals surface area contributed by atoms with Crippen LogP contribution in [-0.4, -0.2) is 19.1 Å². The van der Waals surface area contributed by atoms with Crippen molar-refractivity contribution in [1.82, 2.24) is 4.98 Å². The van der Waals surface area contributed by atoms with E-state index in [2.05, 4.69) is 9.88 Å². The molecule has 0 saturated carbocycles. The highest BCUT2D eigenvalue weighted by atomic mass is 32.1. The summed E-state index contributed by atoms with van der Waals surface area (Å²) in [4.78, 5) is 7.61. The molecule has 0 aliphatic carbocycles. The number of ether oxygens (including phenoxy) is 1. The van der Waals surface area contributed by atoms with E-state index in [-0.39, 0.29) is 0 Å². The van der Waals surface area contributed by atoms with Gasteiger partial charge in [0.1, 0.15) is 5.75 Å². The van der Waals surface area contributed by atoms with Crippen LogP contribution in [0.4, 0.5) is 11.4 Å². The number of benzene rings is 1. The first-order chi connectivity index (χ1) is 8.63. The van der Waals surface area contributed by atoms with Gasteiger partial charge in [0.25, 0.3) is 0 Å². The molecule has 4 nitrogen and oxygen atoms in total. The summed E-state index contributed by atoms with van der Waals surface area (Å²) in [6.07, 6.45) is 0. The van der Waals surface area contributed by atoms with Gasteiger partial charge in [0, 0.05) is 11.9 Å². The van der Waals surface area contributed by atoms with Crippen molar-refractivity contribution < 1.29 is 4.74 Å². The maximum atomic E-state index is 6.08. The number of nitrogens with two attached hydrogens (primary N) is 1. The summed E-state index contributed by atoms with van der Waals surface area (Å²) in [6, 6.07) is 5.80. The largest absolute Gasteiger partial charge is 0.495 e. The fraction of sp³-hybridized carbons (Fsp3) is 0.308. The van der Waals surface area contributed by atoms with Gasteiger partial charge in [-0.05, 0) is 19.1 Å². The molecule has 1 heterocycles. The second kappa shape index (κ2) is 5.27. The molecule has 18 heavy (non-hydrogen) atoms. The van der Waals surface area contributed by atoms with Crippen LogP contribution >= 0.6 is 11.3 Å². The van der Waals surface area contributed by atoms with Gasteiger partial charge in [-0.1, -0.05) is 6.07 Å². The lowest BCUT2D eigenvalue weighted by Crippen LogP contribution is -2.17. The predicted octanol–water partition coefficient (Wildman–Crippen LogP) is 2.68. The zero-order chi connectivity index (χ0) is 13.1. The molecule has 0 saturated heterocycles. The molecule has 2 rings (SSSR count). The van der Waals surface area contributed by atoms with Gasteiger partial charge in [-0.15, -0.1) is 11.3 Å². The number of hydrogen-bond acceptors (Lipinski definition) is 5. The monoisotopic (exact) mass is 263 g/mol. The molecule has 5 heteroatoms.